The normalized spacial score (nSPS) is 27.3. The molecule has 0 bridgehead atoms. The SMILES string of the molecule is CN(C)CCOC[C@@]12CCCO[C@H]1CCN(c1ncc(F)cn1)C2. The van der Waals surface area contributed by atoms with Gasteiger partial charge in [0.05, 0.1) is 31.7 Å². The molecule has 1 aromatic heterocycles. The van der Waals surface area contributed by atoms with Gasteiger partial charge in [-0.2, -0.15) is 0 Å². The Kier molecular flexibility index (Phi) is 5.63. The van der Waals surface area contributed by atoms with Gasteiger partial charge >= 0.3 is 0 Å². The van der Waals surface area contributed by atoms with Gasteiger partial charge < -0.3 is 19.3 Å². The largest absolute Gasteiger partial charge is 0.379 e. The first kappa shape index (κ1) is 17.5. The van der Waals surface area contributed by atoms with E-state index in [1.165, 1.54) is 12.4 Å². The average Bonchev–Trinajstić information content (AvgIpc) is 2.59. The summed E-state index contributed by atoms with van der Waals surface area (Å²) in [7, 11) is 4.09. The van der Waals surface area contributed by atoms with Crippen LogP contribution < -0.4 is 4.90 Å². The quantitative estimate of drug-likeness (QED) is 0.734. The predicted molar refractivity (Wildman–Crippen MR) is 89.6 cm³/mol. The molecule has 0 spiro atoms. The molecule has 3 heterocycles. The minimum atomic E-state index is -0.406. The fourth-order valence-electron chi connectivity index (χ4n) is 3.66. The highest BCUT2D eigenvalue weighted by Crippen LogP contribution is 2.41. The summed E-state index contributed by atoms with van der Waals surface area (Å²) in [5, 5.41) is 0. The Balaban J connectivity index is 1.68. The van der Waals surface area contributed by atoms with Crippen molar-refractivity contribution in [1.29, 1.82) is 0 Å². The van der Waals surface area contributed by atoms with Crippen molar-refractivity contribution in [2.24, 2.45) is 5.41 Å². The molecular formula is C17H27FN4O2. The van der Waals surface area contributed by atoms with Crippen LogP contribution >= 0.6 is 0 Å². The summed E-state index contributed by atoms with van der Waals surface area (Å²) in [5.74, 6) is 0.185. The van der Waals surface area contributed by atoms with Crippen LogP contribution in [0.1, 0.15) is 19.3 Å². The van der Waals surface area contributed by atoms with Crippen molar-refractivity contribution in [2.45, 2.75) is 25.4 Å². The molecular weight excluding hydrogens is 311 g/mol. The third-order valence-corrected chi connectivity index (χ3v) is 4.95. The van der Waals surface area contributed by atoms with Crippen LogP contribution in [0.5, 0.6) is 0 Å². The van der Waals surface area contributed by atoms with Crippen molar-refractivity contribution >= 4 is 5.95 Å². The van der Waals surface area contributed by atoms with E-state index in [9.17, 15) is 4.39 Å². The lowest BCUT2D eigenvalue weighted by atomic mass is 9.73. The number of aromatic nitrogens is 2. The first-order valence-electron chi connectivity index (χ1n) is 8.66. The van der Waals surface area contributed by atoms with Crippen LogP contribution in [-0.4, -0.2) is 74.5 Å². The number of anilines is 1. The second-order valence-electron chi connectivity index (χ2n) is 7.09. The minimum absolute atomic E-state index is 0.0272. The van der Waals surface area contributed by atoms with Gasteiger partial charge in [0.2, 0.25) is 5.95 Å². The standard InChI is InChI=1S/C17H27FN4O2/c1-21(2)7-9-23-13-17-5-3-8-24-15(17)4-6-22(12-17)16-19-10-14(18)11-20-16/h10-11,15H,3-9,12-13H2,1-2H3/t15-,17-/m0/s1. The number of rotatable bonds is 6. The average molecular weight is 338 g/mol. The number of hydrogen-bond donors (Lipinski definition) is 0. The second-order valence-corrected chi connectivity index (χ2v) is 7.09. The first-order chi connectivity index (χ1) is 11.6. The second kappa shape index (κ2) is 7.72. The van der Waals surface area contributed by atoms with E-state index in [4.69, 9.17) is 9.47 Å². The maximum Gasteiger partial charge on any atom is 0.225 e. The molecule has 0 unspecified atom stereocenters. The summed E-state index contributed by atoms with van der Waals surface area (Å²) < 4.78 is 25.1. The van der Waals surface area contributed by atoms with E-state index >= 15 is 0 Å². The molecule has 24 heavy (non-hydrogen) atoms. The van der Waals surface area contributed by atoms with Gasteiger partial charge in [0.15, 0.2) is 5.82 Å². The van der Waals surface area contributed by atoms with Gasteiger partial charge in [0, 0.05) is 31.7 Å². The van der Waals surface area contributed by atoms with Crippen LogP contribution in [0.3, 0.4) is 0 Å². The minimum Gasteiger partial charge on any atom is -0.379 e. The smallest absolute Gasteiger partial charge is 0.225 e. The number of halogens is 1. The van der Waals surface area contributed by atoms with E-state index in [-0.39, 0.29) is 11.5 Å². The zero-order valence-electron chi connectivity index (χ0n) is 14.6. The summed E-state index contributed by atoms with van der Waals surface area (Å²) in [4.78, 5) is 12.5. The molecule has 2 fully saturated rings. The molecule has 3 rings (SSSR count). The molecule has 1 aromatic rings. The van der Waals surface area contributed by atoms with Gasteiger partial charge in [0.25, 0.3) is 0 Å². The van der Waals surface area contributed by atoms with Crippen molar-refractivity contribution in [2.75, 3.05) is 58.5 Å². The molecule has 0 amide bonds. The Morgan fingerprint density at radius 1 is 1.42 bits per heavy atom. The van der Waals surface area contributed by atoms with Crippen molar-refractivity contribution in [1.82, 2.24) is 14.9 Å². The molecule has 134 valence electrons. The number of likely N-dealkylation sites (N-methyl/N-ethyl adjacent to an activating group) is 1. The maximum atomic E-state index is 13.1. The Bertz CT molecular complexity index is 528. The number of piperidine rings is 1. The fraction of sp³-hybridized carbons (Fsp3) is 0.765. The molecule has 2 saturated heterocycles. The van der Waals surface area contributed by atoms with Crippen molar-refractivity contribution in [3.8, 4) is 0 Å². The van der Waals surface area contributed by atoms with E-state index in [1.807, 2.05) is 14.1 Å². The number of hydrogen-bond acceptors (Lipinski definition) is 6. The molecule has 0 radical (unpaired) electrons. The Morgan fingerprint density at radius 3 is 2.96 bits per heavy atom. The Morgan fingerprint density at radius 2 is 2.21 bits per heavy atom. The molecule has 0 aromatic carbocycles. The summed E-state index contributed by atoms with van der Waals surface area (Å²) in [6, 6.07) is 0. The van der Waals surface area contributed by atoms with Crippen molar-refractivity contribution < 1.29 is 13.9 Å². The summed E-state index contributed by atoms with van der Waals surface area (Å²) in [6.07, 6.45) is 5.74. The van der Waals surface area contributed by atoms with E-state index in [2.05, 4.69) is 19.8 Å². The van der Waals surface area contributed by atoms with Gasteiger partial charge in [0.1, 0.15) is 0 Å². The Hall–Kier alpha value is -1.31. The summed E-state index contributed by atoms with van der Waals surface area (Å²) in [6.45, 7) is 4.77. The fourth-order valence-corrected chi connectivity index (χ4v) is 3.66. The van der Waals surface area contributed by atoms with Gasteiger partial charge in [-0.3, -0.25) is 0 Å². The van der Waals surface area contributed by atoms with Crippen LogP contribution in [0.2, 0.25) is 0 Å². The highest BCUT2D eigenvalue weighted by molar-refractivity contribution is 5.31. The third kappa shape index (κ3) is 4.02. The van der Waals surface area contributed by atoms with E-state index in [1.54, 1.807) is 0 Å². The van der Waals surface area contributed by atoms with E-state index in [0.717, 1.165) is 45.5 Å². The lowest BCUT2D eigenvalue weighted by Crippen LogP contribution is -2.57. The highest BCUT2D eigenvalue weighted by Gasteiger charge is 2.46. The van der Waals surface area contributed by atoms with Crippen LogP contribution in [0.15, 0.2) is 12.4 Å². The zero-order valence-corrected chi connectivity index (χ0v) is 14.6. The number of fused-ring (bicyclic) bond motifs is 1. The predicted octanol–water partition coefficient (Wildman–Crippen LogP) is 1.57. The molecule has 0 saturated carbocycles. The maximum absolute atomic E-state index is 13.1. The monoisotopic (exact) mass is 338 g/mol. The van der Waals surface area contributed by atoms with Gasteiger partial charge in [-0.25, -0.2) is 14.4 Å². The van der Waals surface area contributed by atoms with Gasteiger partial charge in [-0.05, 0) is 33.4 Å². The molecule has 2 aliphatic rings. The molecule has 6 nitrogen and oxygen atoms in total. The third-order valence-electron chi connectivity index (χ3n) is 4.95. The zero-order chi connectivity index (χ0) is 17.0. The number of ether oxygens (including phenoxy) is 2. The molecule has 0 N–H and O–H groups in total. The molecule has 2 aliphatic heterocycles. The molecule has 0 aliphatic carbocycles. The van der Waals surface area contributed by atoms with Crippen LogP contribution in [0, 0.1) is 11.2 Å². The molecule has 2 atom stereocenters. The summed E-state index contributed by atoms with van der Waals surface area (Å²) in [5.41, 5.74) is -0.0272. The highest BCUT2D eigenvalue weighted by atomic mass is 19.1. The van der Waals surface area contributed by atoms with Crippen LogP contribution in [-0.2, 0) is 9.47 Å². The van der Waals surface area contributed by atoms with E-state index in [0.29, 0.717) is 19.2 Å². The topological polar surface area (TPSA) is 50.7 Å². The van der Waals surface area contributed by atoms with Gasteiger partial charge in [-0.15, -0.1) is 0 Å². The number of nitrogens with zero attached hydrogens (tertiary/aromatic N) is 4. The first-order valence-corrected chi connectivity index (χ1v) is 8.66. The molecule has 7 heteroatoms. The lowest BCUT2D eigenvalue weighted by molar-refractivity contribution is -0.125. The van der Waals surface area contributed by atoms with Crippen molar-refractivity contribution in [3.05, 3.63) is 18.2 Å². The lowest BCUT2D eigenvalue weighted by Gasteiger charge is -2.50. The van der Waals surface area contributed by atoms with Crippen LogP contribution in [0.4, 0.5) is 10.3 Å². The van der Waals surface area contributed by atoms with Crippen molar-refractivity contribution in [3.63, 3.8) is 0 Å². The van der Waals surface area contributed by atoms with Gasteiger partial charge in [-0.1, -0.05) is 0 Å². The van der Waals surface area contributed by atoms with E-state index < -0.39 is 5.82 Å². The van der Waals surface area contributed by atoms with Crippen LogP contribution in [0.25, 0.3) is 0 Å². The Labute approximate surface area is 143 Å². The summed E-state index contributed by atoms with van der Waals surface area (Å²) >= 11 is 0.